The summed E-state index contributed by atoms with van der Waals surface area (Å²) in [6, 6.07) is 3.38. The normalized spacial score (nSPS) is 18.8. The first kappa shape index (κ1) is 14.3. The lowest BCUT2D eigenvalue weighted by Gasteiger charge is -2.30. The van der Waals surface area contributed by atoms with Crippen LogP contribution in [0.15, 0.2) is 12.1 Å². The van der Waals surface area contributed by atoms with Crippen molar-refractivity contribution in [2.24, 2.45) is 0 Å². The zero-order chi connectivity index (χ0) is 13.8. The molecule has 1 aromatic rings. The van der Waals surface area contributed by atoms with Crippen molar-refractivity contribution in [1.29, 1.82) is 0 Å². The van der Waals surface area contributed by atoms with Crippen LogP contribution in [0.1, 0.15) is 56.3 Å². The van der Waals surface area contributed by atoms with Gasteiger partial charge in [0.2, 0.25) is 0 Å². The number of aliphatic hydroxyl groups is 1. The van der Waals surface area contributed by atoms with Crippen LogP contribution in [-0.4, -0.2) is 18.2 Å². The van der Waals surface area contributed by atoms with Gasteiger partial charge in [-0.1, -0.05) is 19.3 Å². The molecule has 1 fully saturated rings. The summed E-state index contributed by atoms with van der Waals surface area (Å²) in [6.07, 6.45) is 5.57. The maximum atomic E-state index is 13.7. The maximum Gasteiger partial charge on any atom is 0.126 e. The Morgan fingerprint density at radius 1 is 1.11 bits per heavy atom. The Labute approximate surface area is 115 Å². The van der Waals surface area contributed by atoms with E-state index in [1.54, 1.807) is 13.8 Å². The van der Waals surface area contributed by atoms with Crippen LogP contribution in [0.5, 0.6) is 0 Å². The molecule has 1 aromatic carbocycles. The highest BCUT2D eigenvalue weighted by Gasteiger charge is 2.17. The Kier molecular flexibility index (Phi) is 4.81. The topological polar surface area (TPSA) is 23.5 Å². The second kappa shape index (κ2) is 6.38. The fourth-order valence-corrected chi connectivity index (χ4v) is 2.78. The van der Waals surface area contributed by atoms with E-state index in [1.165, 1.54) is 38.2 Å². The minimum absolute atomic E-state index is 0.230. The van der Waals surface area contributed by atoms with Gasteiger partial charge in [-0.25, -0.2) is 4.39 Å². The molecule has 0 amide bonds. The minimum atomic E-state index is -0.629. The van der Waals surface area contributed by atoms with Crippen molar-refractivity contribution in [3.63, 3.8) is 0 Å². The largest absolute Gasteiger partial charge is 0.389 e. The average molecular weight is 265 g/mol. The van der Waals surface area contributed by atoms with Crippen LogP contribution in [0.25, 0.3) is 0 Å². The number of halogens is 1. The molecular formula is C16H24FNO. The molecule has 1 unspecified atom stereocenters. The van der Waals surface area contributed by atoms with Crippen LogP contribution < -0.4 is 4.90 Å². The molecule has 1 saturated heterocycles. The summed E-state index contributed by atoms with van der Waals surface area (Å²) >= 11 is 0. The van der Waals surface area contributed by atoms with Gasteiger partial charge in [0.25, 0.3) is 0 Å². The molecule has 2 rings (SSSR count). The van der Waals surface area contributed by atoms with Crippen molar-refractivity contribution in [2.45, 2.75) is 52.1 Å². The predicted octanol–water partition coefficient (Wildman–Crippen LogP) is 3.96. The third kappa shape index (κ3) is 3.47. The molecule has 106 valence electrons. The van der Waals surface area contributed by atoms with E-state index in [-0.39, 0.29) is 5.82 Å². The second-order valence-electron chi connectivity index (χ2n) is 5.59. The van der Waals surface area contributed by atoms with E-state index in [9.17, 15) is 9.50 Å². The van der Waals surface area contributed by atoms with E-state index < -0.39 is 6.10 Å². The molecule has 1 heterocycles. The van der Waals surface area contributed by atoms with E-state index in [1.807, 2.05) is 6.07 Å². The van der Waals surface area contributed by atoms with Crippen LogP contribution in [0, 0.1) is 12.7 Å². The second-order valence-corrected chi connectivity index (χ2v) is 5.59. The number of anilines is 1. The highest BCUT2D eigenvalue weighted by molar-refractivity contribution is 5.56. The summed E-state index contributed by atoms with van der Waals surface area (Å²) in [7, 11) is 0. The van der Waals surface area contributed by atoms with Crippen LogP contribution in [-0.2, 0) is 0 Å². The van der Waals surface area contributed by atoms with Gasteiger partial charge in [0.05, 0.1) is 6.10 Å². The Hall–Kier alpha value is -1.09. The average Bonchev–Trinajstić information content (AvgIpc) is 2.32. The Morgan fingerprint density at radius 2 is 1.68 bits per heavy atom. The molecule has 1 N–H and O–H groups in total. The SMILES string of the molecule is Cc1cc(N2CCCCCCC2)c(C(C)O)cc1F. The first-order valence-corrected chi connectivity index (χ1v) is 7.32. The highest BCUT2D eigenvalue weighted by atomic mass is 19.1. The summed E-state index contributed by atoms with van der Waals surface area (Å²) in [5.74, 6) is -0.230. The minimum Gasteiger partial charge on any atom is -0.389 e. The summed E-state index contributed by atoms with van der Waals surface area (Å²) in [5, 5.41) is 9.88. The number of nitrogens with zero attached hydrogens (tertiary/aromatic N) is 1. The van der Waals surface area contributed by atoms with Gasteiger partial charge in [0.15, 0.2) is 0 Å². The standard InChI is InChI=1S/C16H24FNO/c1-12-10-16(14(13(2)19)11-15(12)17)18-8-6-4-3-5-7-9-18/h10-11,13,19H,3-9H2,1-2H3. The molecule has 0 radical (unpaired) electrons. The molecule has 3 heteroatoms. The smallest absolute Gasteiger partial charge is 0.126 e. The Bertz CT molecular complexity index is 423. The number of aryl methyl sites for hydroxylation is 1. The van der Waals surface area contributed by atoms with Crippen molar-refractivity contribution in [3.05, 3.63) is 29.1 Å². The molecule has 0 saturated carbocycles. The van der Waals surface area contributed by atoms with E-state index in [2.05, 4.69) is 4.90 Å². The summed E-state index contributed by atoms with van der Waals surface area (Å²) < 4.78 is 13.7. The molecule has 0 bridgehead atoms. The molecular weight excluding hydrogens is 241 g/mol. The van der Waals surface area contributed by atoms with Crippen LogP contribution in [0.3, 0.4) is 0 Å². The summed E-state index contributed by atoms with van der Waals surface area (Å²) in [6.45, 7) is 5.50. The monoisotopic (exact) mass is 265 g/mol. The first-order valence-electron chi connectivity index (χ1n) is 7.32. The van der Waals surface area contributed by atoms with Gasteiger partial charge >= 0.3 is 0 Å². The fraction of sp³-hybridized carbons (Fsp3) is 0.625. The quantitative estimate of drug-likeness (QED) is 0.875. The summed E-state index contributed by atoms with van der Waals surface area (Å²) in [4.78, 5) is 2.31. The lowest BCUT2D eigenvalue weighted by molar-refractivity contribution is 0.199. The zero-order valence-corrected chi connectivity index (χ0v) is 12.0. The summed E-state index contributed by atoms with van der Waals surface area (Å²) in [5.41, 5.74) is 2.38. The van der Waals surface area contributed by atoms with Crippen molar-refractivity contribution in [1.82, 2.24) is 0 Å². The Morgan fingerprint density at radius 3 is 2.26 bits per heavy atom. The molecule has 0 spiro atoms. The predicted molar refractivity (Wildman–Crippen MR) is 77.1 cm³/mol. The maximum absolute atomic E-state index is 13.7. The number of benzene rings is 1. The highest BCUT2D eigenvalue weighted by Crippen LogP contribution is 2.30. The number of aliphatic hydroxyl groups excluding tert-OH is 1. The zero-order valence-electron chi connectivity index (χ0n) is 12.0. The fourth-order valence-electron chi connectivity index (χ4n) is 2.78. The van der Waals surface area contributed by atoms with Gasteiger partial charge in [-0.15, -0.1) is 0 Å². The van der Waals surface area contributed by atoms with Crippen molar-refractivity contribution in [3.8, 4) is 0 Å². The van der Waals surface area contributed by atoms with Gasteiger partial charge in [0, 0.05) is 24.3 Å². The molecule has 1 atom stereocenters. The number of hydrogen-bond acceptors (Lipinski definition) is 2. The van der Waals surface area contributed by atoms with Crippen LogP contribution in [0.4, 0.5) is 10.1 Å². The van der Waals surface area contributed by atoms with Crippen molar-refractivity contribution < 1.29 is 9.50 Å². The molecule has 19 heavy (non-hydrogen) atoms. The lowest BCUT2D eigenvalue weighted by Crippen LogP contribution is -2.28. The van der Waals surface area contributed by atoms with E-state index in [0.29, 0.717) is 11.1 Å². The molecule has 0 aromatic heterocycles. The van der Waals surface area contributed by atoms with E-state index in [0.717, 1.165) is 18.8 Å². The third-order valence-electron chi connectivity index (χ3n) is 3.95. The molecule has 2 nitrogen and oxygen atoms in total. The van der Waals surface area contributed by atoms with Crippen LogP contribution in [0.2, 0.25) is 0 Å². The molecule has 1 aliphatic heterocycles. The van der Waals surface area contributed by atoms with Gasteiger partial charge in [0.1, 0.15) is 5.82 Å². The van der Waals surface area contributed by atoms with Crippen LogP contribution >= 0.6 is 0 Å². The van der Waals surface area contributed by atoms with E-state index in [4.69, 9.17) is 0 Å². The van der Waals surface area contributed by atoms with Gasteiger partial charge in [-0.05, 0) is 44.4 Å². The van der Waals surface area contributed by atoms with Gasteiger partial charge in [-0.3, -0.25) is 0 Å². The third-order valence-corrected chi connectivity index (χ3v) is 3.95. The van der Waals surface area contributed by atoms with E-state index >= 15 is 0 Å². The van der Waals surface area contributed by atoms with Gasteiger partial charge < -0.3 is 10.0 Å². The number of rotatable bonds is 2. The number of hydrogen-bond donors (Lipinski definition) is 1. The molecule has 1 aliphatic rings. The first-order chi connectivity index (χ1) is 9.09. The van der Waals surface area contributed by atoms with Crippen molar-refractivity contribution in [2.75, 3.05) is 18.0 Å². The molecule has 0 aliphatic carbocycles. The Balaban J connectivity index is 2.32. The lowest BCUT2D eigenvalue weighted by atomic mass is 10.0. The van der Waals surface area contributed by atoms with Gasteiger partial charge in [-0.2, -0.15) is 0 Å². The van der Waals surface area contributed by atoms with Crippen molar-refractivity contribution >= 4 is 5.69 Å².